The molecule has 2 N–H and O–H groups in total. The van der Waals surface area contributed by atoms with Crippen LogP contribution in [0.2, 0.25) is 0 Å². The van der Waals surface area contributed by atoms with Crippen molar-refractivity contribution in [2.24, 2.45) is 18.7 Å². The molecule has 0 fully saturated rings. The summed E-state index contributed by atoms with van der Waals surface area (Å²) in [7, 11) is 2.09. The Morgan fingerprint density at radius 2 is 2.18 bits per heavy atom. The molecule has 1 aromatic heterocycles. The number of hydrogen-bond acceptors (Lipinski definition) is 2. The third kappa shape index (κ3) is 2.50. The number of aromatic nitrogens is 2. The highest BCUT2D eigenvalue weighted by Crippen LogP contribution is 2.18. The van der Waals surface area contributed by atoms with E-state index in [-0.39, 0.29) is 0 Å². The summed E-state index contributed by atoms with van der Waals surface area (Å²) in [6, 6.07) is 6.43. The molecule has 2 aromatic rings. The summed E-state index contributed by atoms with van der Waals surface area (Å²) in [5.41, 5.74) is 9.22. The molecule has 0 aliphatic heterocycles. The second-order valence-corrected chi connectivity index (χ2v) is 4.96. The van der Waals surface area contributed by atoms with Crippen molar-refractivity contribution < 1.29 is 0 Å². The first kappa shape index (κ1) is 12.1. The van der Waals surface area contributed by atoms with Crippen molar-refractivity contribution in [1.29, 1.82) is 0 Å². The molecule has 0 spiro atoms. The van der Waals surface area contributed by atoms with Crippen LogP contribution in [0.15, 0.2) is 18.2 Å². The highest BCUT2D eigenvalue weighted by molar-refractivity contribution is 5.76. The van der Waals surface area contributed by atoms with Crippen molar-refractivity contribution in [3.05, 3.63) is 29.6 Å². The molecular formula is C14H21N3. The van der Waals surface area contributed by atoms with Crippen LogP contribution in [0.5, 0.6) is 0 Å². The van der Waals surface area contributed by atoms with E-state index in [1.807, 2.05) is 0 Å². The molecule has 0 aliphatic rings. The summed E-state index contributed by atoms with van der Waals surface area (Å²) in [4.78, 5) is 4.70. The van der Waals surface area contributed by atoms with E-state index < -0.39 is 0 Å². The Bertz CT molecular complexity index is 513. The van der Waals surface area contributed by atoms with Gasteiger partial charge in [-0.25, -0.2) is 4.98 Å². The molecule has 0 amide bonds. The van der Waals surface area contributed by atoms with E-state index in [1.165, 1.54) is 11.1 Å². The predicted octanol–water partition coefficient (Wildman–Crippen LogP) is 2.41. The lowest BCUT2D eigenvalue weighted by Gasteiger charge is -2.07. The lowest BCUT2D eigenvalue weighted by molar-refractivity contribution is 0.531. The SMILES string of the molecule is Cc1ccc2c(c1)nc(CCC(C)CN)n2C. The van der Waals surface area contributed by atoms with Crippen molar-refractivity contribution in [1.82, 2.24) is 9.55 Å². The standard InChI is InChI=1S/C14H21N3/c1-10-4-6-13-12(8-10)16-14(17(13)3)7-5-11(2)9-15/h4,6,8,11H,5,7,9,15H2,1-3H3. The maximum absolute atomic E-state index is 5.64. The van der Waals surface area contributed by atoms with Gasteiger partial charge in [0.15, 0.2) is 0 Å². The van der Waals surface area contributed by atoms with Gasteiger partial charge in [-0.2, -0.15) is 0 Å². The molecule has 17 heavy (non-hydrogen) atoms. The van der Waals surface area contributed by atoms with Gasteiger partial charge in [-0.05, 0) is 43.5 Å². The average Bonchev–Trinajstić information content (AvgIpc) is 2.62. The second kappa shape index (κ2) is 4.88. The van der Waals surface area contributed by atoms with Crippen molar-refractivity contribution >= 4 is 11.0 Å². The first-order chi connectivity index (χ1) is 8.11. The molecule has 1 aromatic carbocycles. The monoisotopic (exact) mass is 231 g/mol. The molecule has 92 valence electrons. The van der Waals surface area contributed by atoms with Crippen LogP contribution >= 0.6 is 0 Å². The van der Waals surface area contributed by atoms with Gasteiger partial charge in [-0.3, -0.25) is 0 Å². The number of hydrogen-bond donors (Lipinski definition) is 1. The Labute approximate surface area is 103 Å². The maximum atomic E-state index is 5.64. The second-order valence-electron chi connectivity index (χ2n) is 4.96. The zero-order chi connectivity index (χ0) is 12.4. The number of nitrogens with zero attached hydrogens (tertiary/aromatic N) is 2. The van der Waals surface area contributed by atoms with Crippen LogP contribution in [0.3, 0.4) is 0 Å². The van der Waals surface area contributed by atoms with Crippen LogP contribution in [0.1, 0.15) is 24.7 Å². The smallest absolute Gasteiger partial charge is 0.109 e. The molecule has 1 atom stereocenters. The third-order valence-electron chi connectivity index (χ3n) is 3.39. The highest BCUT2D eigenvalue weighted by Gasteiger charge is 2.09. The quantitative estimate of drug-likeness (QED) is 0.878. The van der Waals surface area contributed by atoms with Crippen molar-refractivity contribution in [2.75, 3.05) is 6.54 Å². The zero-order valence-corrected chi connectivity index (χ0v) is 10.9. The summed E-state index contributed by atoms with van der Waals surface area (Å²) >= 11 is 0. The third-order valence-corrected chi connectivity index (χ3v) is 3.39. The molecule has 0 saturated heterocycles. The van der Waals surface area contributed by atoms with Gasteiger partial charge in [0.05, 0.1) is 11.0 Å². The van der Waals surface area contributed by atoms with Crippen LogP contribution in [-0.4, -0.2) is 16.1 Å². The Morgan fingerprint density at radius 1 is 1.41 bits per heavy atom. The number of fused-ring (bicyclic) bond motifs is 1. The fraction of sp³-hybridized carbons (Fsp3) is 0.500. The van der Waals surface area contributed by atoms with E-state index in [4.69, 9.17) is 10.7 Å². The summed E-state index contributed by atoms with van der Waals surface area (Å²) < 4.78 is 2.19. The van der Waals surface area contributed by atoms with Gasteiger partial charge in [0.25, 0.3) is 0 Å². The topological polar surface area (TPSA) is 43.8 Å². The molecule has 0 saturated carbocycles. The van der Waals surface area contributed by atoms with Gasteiger partial charge in [0, 0.05) is 13.5 Å². The molecule has 1 heterocycles. The van der Waals surface area contributed by atoms with Gasteiger partial charge < -0.3 is 10.3 Å². The minimum atomic E-state index is 0.566. The molecule has 3 heteroatoms. The van der Waals surface area contributed by atoms with Crippen LogP contribution in [-0.2, 0) is 13.5 Å². The summed E-state index contributed by atoms with van der Waals surface area (Å²) in [5, 5.41) is 0. The fourth-order valence-electron chi connectivity index (χ4n) is 2.08. The van der Waals surface area contributed by atoms with Crippen molar-refractivity contribution in [2.45, 2.75) is 26.7 Å². The van der Waals surface area contributed by atoms with E-state index in [9.17, 15) is 0 Å². The average molecular weight is 231 g/mol. The first-order valence-electron chi connectivity index (χ1n) is 6.24. The van der Waals surface area contributed by atoms with E-state index >= 15 is 0 Å². The van der Waals surface area contributed by atoms with Crippen LogP contribution < -0.4 is 5.73 Å². The number of nitrogens with two attached hydrogens (primary N) is 1. The lowest BCUT2D eigenvalue weighted by Crippen LogP contribution is -2.12. The summed E-state index contributed by atoms with van der Waals surface area (Å²) in [6.45, 7) is 5.04. The summed E-state index contributed by atoms with van der Waals surface area (Å²) in [5.74, 6) is 1.72. The van der Waals surface area contributed by atoms with E-state index in [0.29, 0.717) is 5.92 Å². The largest absolute Gasteiger partial charge is 0.331 e. The fourth-order valence-corrected chi connectivity index (χ4v) is 2.08. The Balaban J connectivity index is 2.26. The van der Waals surface area contributed by atoms with Crippen LogP contribution in [0, 0.1) is 12.8 Å². The van der Waals surface area contributed by atoms with E-state index in [2.05, 4.69) is 43.7 Å². The summed E-state index contributed by atoms with van der Waals surface area (Å²) in [6.07, 6.45) is 2.11. The van der Waals surface area contributed by atoms with Gasteiger partial charge in [-0.15, -0.1) is 0 Å². The maximum Gasteiger partial charge on any atom is 0.109 e. The molecule has 1 unspecified atom stereocenters. The molecule has 3 nitrogen and oxygen atoms in total. The Morgan fingerprint density at radius 3 is 2.88 bits per heavy atom. The first-order valence-corrected chi connectivity index (χ1v) is 6.24. The number of rotatable bonds is 4. The van der Waals surface area contributed by atoms with Gasteiger partial charge >= 0.3 is 0 Å². The number of benzene rings is 1. The predicted molar refractivity (Wildman–Crippen MR) is 72.0 cm³/mol. The molecular weight excluding hydrogens is 210 g/mol. The minimum Gasteiger partial charge on any atom is -0.331 e. The minimum absolute atomic E-state index is 0.566. The van der Waals surface area contributed by atoms with Gasteiger partial charge in [-0.1, -0.05) is 13.0 Å². The van der Waals surface area contributed by atoms with E-state index in [1.54, 1.807) is 0 Å². The van der Waals surface area contributed by atoms with Crippen molar-refractivity contribution in [3.8, 4) is 0 Å². The van der Waals surface area contributed by atoms with Crippen molar-refractivity contribution in [3.63, 3.8) is 0 Å². The van der Waals surface area contributed by atoms with Gasteiger partial charge in [0.2, 0.25) is 0 Å². The molecule has 0 radical (unpaired) electrons. The Kier molecular flexibility index (Phi) is 3.48. The van der Waals surface area contributed by atoms with E-state index in [0.717, 1.165) is 30.7 Å². The molecule has 0 aliphatic carbocycles. The zero-order valence-electron chi connectivity index (χ0n) is 10.9. The lowest BCUT2D eigenvalue weighted by atomic mass is 10.1. The van der Waals surface area contributed by atoms with Crippen LogP contribution in [0.25, 0.3) is 11.0 Å². The van der Waals surface area contributed by atoms with Crippen LogP contribution in [0.4, 0.5) is 0 Å². The normalized spacial score (nSPS) is 13.2. The highest BCUT2D eigenvalue weighted by atomic mass is 15.1. The Hall–Kier alpha value is -1.35. The molecule has 0 bridgehead atoms. The van der Waals surface area contributed by atoms with Gasteiger partial charge in [0.1, 0.15) is 5.82 Å². The number of aryl methyl sites for hydroxylation is 3. The number of imidazole rings is 1. The molecule has 2 rings (SSSR count).